The molecule has 0 unspecified atom stereocenters. The fraction of sp³-hybridized carbons (Fsp3) is 0.429. The van der Waals surface area contributed by atoms with Crippen molar-refractivity contribution in [3.8, 4) is 5.75 Å². The first kappa shape index (κ1) is 17.6. The average Bonchev–Trinajstić information content (AvgIpc) is 2.43. The summed E-state index contributed by atoms with van der Waals surface area (Å²) in [7, 11) is 1.59. The Morgan fingerprint density at radius 1 is 1.29 bits per heavy atom. The molecule has 7 heteroatoms. The molecule has 0 saturated heterocycles. The zero-order chi connectivity index (χ0) is 15.8. The highest BCUT2D eigenvalue weighted by Gasteiger charge is 2.13. The summed E-state index contributed by atoms with van der Waals surface area (Å²) in [4.78, 5) is 24.5. The fourth-order valence-corrected chi connectivity index (χ4v) is 1.92. The number of benzene rings is 1. The van der Waals surface area contributed by atoms with Gasteiger partial charge in [0.1, 0.15) is 5.75 Å². The Bertz CT molecular complexity index is 508. The zero-order valence-corrected chi connectivity index (χ0v) is 13.4. The Morgan fingerprint density at radius 2 is 2.00 bits per heavy atom. The quantitative estimate of drug-likeness (QED) is 0.720. The van der Waals surface area contributed by atoms with E-state index in [2.05, 4.69) is 0 Å². The monoisotopic (exact) mass is 333 g/mol. The van der Waals surface area contributed by atoms with Crippen LogP contribution in [0, 0.1) is 0 Å². The van der Waals surface area contributed by atoms with Gasteiger partial charge in [0, 0.05) is 18.6 Å². The molecule has 5 nitrogen and oxygen atoms in total. The SMILES string of the molecule is CCOC(=O)CCN(C)C(=O)COc1ccc(Cl)cc1Cl. The van der Waals surface area contributed by atoms with Gasteiger partial charge in [-0.25, -0.2) is 0 Å². The number of hydrogen-bond donors (Lipinski definition) is 0. The highest BCUT2D eigenvalue weighted by molar-refractivity contribution is 6.35. The zero-order valence-electron chi connectivity index (χ0n) is 11.9. The second-order valence-electron chi connectivity index (χ2n) is 4.23. The van der Waals surface area contributed by atoms with Gasteiger partial charge in [0.05, 0.1) is 18.1 Å². The molecule has 0 saturated carbocycles. The number of nitrogens with zero attached hydrogens (tertiary/aromatic N) is 1. The lowest BCUT2D eigenvalue weighted by Crippen LogP contribution is -2.33. The van der Waals surface area contributed by atoms with Gasteiger partial charge in [0.15, 0.2) is 6.61 Å². The lowest BCUT2D eigenvalue weighted by atomic mass is 10.3. The summed E-state index contributed by atoms with van der Waals surface area (Å²) < 4.78 is 10.1. The number of carbonyl (C=O) groups is 2. The minimum atomic E-state index is -0.334. The third-order valence-corrected chi connectivity index (χ3v) is 3.16. The Morgan fingerprint density at radius 3 is 2.62 bits per heavy atom. The molecule has 0 atom stereocenters. The van der Waals surface area contributed by atoms with E-state index in [4.69, 9.17) is 32.7 Å². The van der Waals surface area contributed by atoms with Gasteiger partial charge in [-0.2, -0.15) is 0 Å². The summed E-state index contributed by atoms with van der Waals surface area (Å²) in [5, 5.41) is 0.828. The lowest BCUT2D eigenvalue weighted by molar-refractivity contribution is -0.144. The van der Waals surface area contributed by atoms with Gasteiger partial charge in [-0.05, 0) is 25.1 Å². The second kappa shape index (κ2) is 8.74. The number of rotatable bonds is 7. The van der Waals surface area contributed by atoms with Crippen LogP contribution in [0.3, 0.4) is 0 Å². The maximum absolute atomic E-state index is 11.8. The highest BCUT2D eigenvalue weighted by atomic mass is 35.5. The summed E-state index contributed by atoms with van der Waals surface area (Å²) in [6.07, 6.45) is 0.151. The molecule has 1 rings (SSSR count). The lowest BCUT2D eigenvalue weighted by Gasteiger charge is -2.17. The first-order chi connectivity index (χ1) is 9.93. The maximum atomic E-state index is 11.8. The smallest absolute Gasteiger partial charge is 0.307 e. The minimum absolute atomic E-state index is 0.151. The molecule has 0 N–H and O–H groups in total. The van der Waals surface area contributed by atoms with E-state index in [1.165, 1.54) is 11.0 Å². The van der Waals surface area contributed by atoms with Crippen molar-refractivity contribution < 1.29 is 19.1 Å². The molecule has 0 heterocycles. The summed E-state index contributed by atoms with van der Waals surface area (Å²) in [5.74, 6) is -0.211. The number of halogens is 2. The van der Waals surface area contributed by atoms with Crippen LogP contribution < -0.4 is 4.74 Å². The van der Waals surface area contributed by atoms with Gasteiger partial charge in [0.25, 0.3) is 5.91 Å². The molecule has 0 fully saturated rings. The molecule has 1 aromatic rings. The molecule has 0 aliphatic rings. The molecule has 0 bridgehead atoms. The molecule has 1 aromatic carbocycles. The molecular weight excluding hydrogens is 317 g/mol. The number of amides is 1. The van der Waals surface area contributed by atoms with Crippen LogP contribution in [0.25, 0.3) is 0 Å². The van der Waals surface area contributed by atoms with Crippen LogP contribution in [-0.2, 0) is 14.3 Å². The molecule has 0 spiro atoms. The van der Waals surface area contributed by atoms with E-state index in [9.17, 15) is 9.59 Å². The second-order valence-corrected chi connectivity index (χ2v) is 5.08. The van der Waals surface area contributed by atoms with Crippen molar-refractivity contribution in [3.05, 3.63) is 28.2 Å². The van der Waals surface area contributed by atoms with Crippen LogP contribution in [0.4, 0.5) is 0 Å². The standard InChI is InChI=1S/C14H17Cl2NO4/c1-3-20-14(19)6-7-17(2)13(18)9-21-12-5-4-10(15)8-11(12)16/h4-5,8H,3,6-7,9H2,1-2H3. The van der Waals surface area contributed by atoms with Gasteiger partial charge in [0.2, 0.25) is 0 Å². The van der Waals surface area contributed by atoms with Crippen molar-refractivity contribution in [2.45, 2.75) is 13.3 Å². The van der Waals surface area contributed by atoms with Crippen molar-refractivity contribution in [3.63, 3.8) is 0 Å². The Kier molecular flexibility index (Phi) is 7.32. The number of hydrogen-bond acceptors (Lipinski definition) is 4. The van der Waals surface area contributed by atoms with Crippen LogP contribution in [-0.4, -0.2) is 43.6 Å². The van der Waals surface area contributed by atoms with Gasteiger partial charge >= 0.3 is 5.97 Å². The Labute approximate surface area is 133 Å². The van der Waals surface area contributed by atoms with Crippen LogP contribution in [0.2, 0.25) is 10.0 Å². The first-order valence-corrected chi connectivity index (χ1v) is 7.17. The van der Waals surface area contributed by atoms with E-state index in [1.54, 1.807) is 26.1 Å². The van der Waals surface area contributed by atoms with Crippen molar-refractivity contribution in [1.29, 1.82) is 0 Å². The highest BCUT2D eigenvalue weighted by Crippen LogP contribution is 2.27. The molecule has 0 radical (unpaired) electrons. The number of esters is 1. The van der Waals surface area contributed by atoms with Gasteiger partial charge in [-0.1, -0.05) is 23.2 Å². The van der Waals surface area contributed by atoms with E-state index in [-0.39, 0.29) is 31.4 Å². The summed E-state index contributed by atoms with van der Waals surface area (Å²) in [5.41, 5.74) is 0. The summed E-state index contributed by atoms with van der Waals surface area (Å²) in [6, 6.07) is 4.75. The predicted molar refractivity (Wildman–Crippen MR) is 80.8 cm³/mol. The summed E-state index contributed by atoms with van der Waals surface area (Å²) in [6.45, 7) is 2.17. The van der Waals surface area contributed by atoms with Crippen molar-refractivity contribution in [1.82, 2.24) is 4.90 Å². The van der Waals surface area contributed by atoms with Crippen molar-refractivity contribution in [2.75, 3.05) is 26.8 Å². The molecule has 0 aliphatic carbocycles. The van der Waals surface area contributed by atoms with E-state index < -0.39 is 0 Å². The topological polar surface area (TPSA) is 55.8 Å². The van der Waals surface area contributed by atoms with Crippen LogP contribution in [0.1, 0.15) is 13.3 Å². The Balaban J connectivity index is 2.40. The third kappa shape index (κ3) is 6.23. The fourth-order valence-electron chi connectivity index (χ4n) is 1.46. The molecule has 116 valence electrons. The maximum Gasteiger partial charge on any atom is 0.307 e. The van der Waals surface area contributed by atoms with E-state index in [1.807, 2.05) is 0 Å². The molecule has 0 aromatic heterocycles. The molecular formula is C14H17Cl2NO4. The molecule has 1 amide bonds. The minimum Gasteiger partial charge on any atom is -0.482 e. The third-order valence-electron chi connectivity index (χ3n) is 2.63. The number of likely N-dealkylation sites (N-methyl/N-ethyl adjacent to an activating group) is 1. The van der Waals surface area contributed by atoms with Crippen LogP contribution >= 0.6 is 23.2 Å². The normalized spacial score (nSPS) is 10.1. The van der Waals surface area contributed by atoms with Crippen LogP contribution in [0.15, 0.2) is 18.2 Å². The van der Waals surface area contributed by atoms with E-state index >= 15 is 0 Å². The average molecular weight is 334 g/mol. The van der Waals surface area contributed by atoms with Crippen LogP contribution in [0.5, 0.6) is 5.75 Å². The molecule has 0 aliphatic heterocycles. The summed E-state index contributed by atoms with van der Waals surface area (Å²) >= 11 is 11.7. The van der Waals surface area contributed by atoms with Crippen molar-refractivity contribution in [2.24, 2.45) is 0 Å². The van der Waals surface area contributed by atoms with Gasteiger partial charge < -0.3 is 14.4 Å². The number of carbonyl (C=O) groups excluding carboxylic acids is 2. The van der Waals surface area contributed by atoms with Gasteiger partial charge in [-0.15, -0.1) is 0 Å². The Hall–Kier alpha value is -1.46. The van der Waals surface area contributed by atoms with Crippen molar-refractivity contribution >= 4 is 35.1 Å². The first-order valence-electron chi connectivity index (χ1n) is 6.41. The largest absolute Gasteiger partial charge is 0.482 e. The molecule has 21 heavy (non-hydrogen) atoms. The number of ether oxygens (including phenoxy) is 2. The van der Waals surface area contributed by atoms with E-state index in [0.29, 0.717) is 22.4 Å². The van der Waals surface area contributed by atoms with E-state index in [0.717, 1.165) is 0 Å². The predicted octanol–water partition coefficient (Wildman–Crippen LogP) is 2.78. The van der Waals surface area contributed by atoms with Gasteiger partial charge in [-0.3, -0.25) is 9.59 Å².